The first kappa shape index (κ1) is 17.7. The molecule has 0 radical (unpaired) electrons. The van der Waals surface area contributed by atoms with E-state index in [0.717, 1.165) is 22.9 Å². The summed E-state index contributed by atoms with van der Waals surface area (Å²) in [5.74, 6) is -1.19. The fraction of sp³-hybridized carbons (Fsp3) is 0.353. The minimum absolute atomic E-state index is 0.154. The highest BCUT2D eigenvalue weighted by molar-refractivity contribution is 8.26. The number of carbonyl (C=O) groups is 2. The molecule has 1 N–H and O–H groups in total. The number of carboxylic acid groups (broad SMARTS) is 1. The number of hydrogen-bond acceptors (Lipinski definition) is 4. The quantitative estimate of drug-likeness (QED) is 0.649. The summed E-state index contributed by atoms with van der Waals surface area (Å²) in [6.07, 6.45) is 2.14. The predicted molar refractivity (Wildman–Crippen MR) is 97.1 cm³/mol. The molecular formula is C17H19NO3S2. The molecular weight excluding hydrogens is 330 g/mol. The van der Waals surface area contributed by atoms with Crippen LogP contribution in [0.1, 0.15) is 31.4 Å². The molecule has 1 heterocycles. The van der Waals surface area contributed by atoms with E-state index in [1.54, 1.807) is 6.08 Å². The van der Waals surface area contributed by atoms with E-state index >= 15 is 0 Å². The largest absolute Gasteiger partial charge is 0.480 e. The Morgan fingerprint density at radius 1 is 1.43 bits per heavy atom. The molecule has 122 valence electrons. The first-order valence-electron chi connectivity index (χ1n) is 7.36. The lowest BCUT2D eigenvalue weighted by Crippen LogP contribution is -2.44. The Balaban J connectivity index is 2.30. The van der Waals surface area contributed by atoms with Crippen molar-refractivity contribution in [1.82, 2.24) is 4.90 Å². The number of benzene rings is 1. The van der Waals surface area contributed by atoms with Gasteiger partial charge >= 0.3 is 5.97 Å². The van der Waals surface area contributed by atoms with E-state index in [9.17, 15) is 14.7 Å². The van der Waals surface area contributed by atoms with Crippen molar-refractivity contribution in [3.05, 3.63) is 40.3 Å². The van der Waals surface area contributed by atoms with Gasteiger partial charge in [0.1, 0.15) is 10.4 Å². The van der Waals surface area contributed by atoms with Gasteiger partial charge in [0.05, 0.1) is 4.91 Å². The first-order valence-corrected chi connectivity index (χ1v) is 8.58. The second-order valence-electron chi connectivity index (χ2n) is 5.95. The summed E-state index contributed by atoms with van der Waals surface area (Å²) < 4.78 is 0.307. The molecule has 1 atom stereocenters. The fourth-order valence-corrected chi connectivity index (χ4v) is 3.78. The van der Waals surface area contributed by atoms with Gasteiger partial charge in [-0.3, -0.25) is 9.69 Å². The molecule has 6 heteroatoms. The zero-order valence-electron chi connectivity index (χ0n) is 13.3. The molecule has 23 heavy (non-hydrogen) atoms. The SMILES string of the molecule is Cc1cccc(/C=C2\SC(=S)N(C(CC(C)C)C(=O)O)C2=O)c1. The standard InChI is InChI=1S/C17H19NO3S2/c1-10(2)7-13(16(20)21)18-15(19)14(23-17(18)22)9-12-6-4-5-11(3)8-12/h4-6,8-10,13H,7H2,1-3H3,(H,20,21)/b14-9-. The summed E-state index contributed by atoms with van der Waals surface area (Å²) >= 11 is 6.41. The maximum atomic E-state index is 12.6. The molecule has 1 fully saturated rings. The van der Waals surface area contributed by atoms with Crippen LogP contribution in [0.4, 0.5) is 0 Å². The summed E-state index contributed by atoms with van der Waals surface area (Å²) in [6.45, 7) is 5.83. The number of carboxylic acids is 1. The van der Waals surface area contributed by atoms with Crippen molar-refractivity contribution in [3.63, 3.8) is 0 Å². The molecule has 0 aliphatic carbocycles. The Morgan fingerprint density at radius 2 is 2.13 bits per heavy atom. The third-order valence-corrected chi connectivity index (χ3v) is 4.79. The number of aryl methyl sites for hydroxylation is 1. The van der Waals surface area contributed by atoms with Crippen LogP contribution in [0.2, 0.25) is 0 Å². The van der Waals surface area contributed by atoms with Crippen molar-refractivity contribution in [3.8, 4) is 0 Å². The number of hydrogen-bond donors (Lipinski definition) is 1. The number of thiocarbonyl (C=S) groups is 1. The van der Waals surface area contributed by atoms with Crippen molar-refractivity contribution < 1.29 is 14.7 Å². The van der Waals surface area contributed by atoms with Gasteiger partial charge in [-0.1, -0.05) is 67.7 Å². The van der Waals surface area contributed by atoms with Crippen molar-refractivity contribution in [2.45, 2.75) is 33.2 Å². The molecule has 1 aliphatic rings. The van der Waals surface area contributed by atoms with Gasteiger partial charge in [-0.15, -0.1) is 0 Å². The van der Waals surface area contributed by atoms with E-state index in [-0.39, 0.29) is 11.8 Å². The molecule has 4 nitrogen and oxygen atoms in total. The zero-order valence-corrected chi connectivity index (χ0v) is 14.9. The molecule has 1 unspecified atom stereocenters. The summed E-state index contributed by atoms with van der Waals surface area (Å²) in [5.41, 5.74) is 2.00. The van der Waals surface area contributed by atoms with Crippen molar-refractivity contribution in [1.29, 1.82) is 0 Å². The van der Waals surface area contributed by atoms with Crippen LogP contribution < -0.4 is 0 Å². The minimum Gasteiger partial charge on any atom is -0.480 e. The van der Waals surface area contributed by atoms with Gasteiger partial charge in [-0.05, 0) is 30.9 Å². The van der Waals surface area contributed by atoms with E-state index < -0.39 is 12.0 Å². The van der Waals surface area contributed by atoms with Gasteiger partial charge in [0, 0.05) is 0 Å². The maximum absolute atomic E-state index is 12.6. The van der Waals surface area contributed by atoms with Gasteiger partial charge < -0.3 is 5.11 Å². The van der Waals surface area contributed by atoms with E-state index in [1.807, 2.05) is 45.0 Å². The Labute approximate surface area is 145 Å². The lowest BCUT2D eigenvalue weighted by molar-refractivity contribution is -0.145. The van der Waals surface area contributed by atoms with Crippen LogP contribution in [0.5, 0.6) is 0 Å². The van der Waals surface area contributed by atoms with E-state index in [1.165, 1.54) is 4.90 Å². The molecule has 1 amide bonds. The van der Waals surface area contributed by atoms with Gasteiger partial charge in [-0.2, -0.15) is 0 Å². The molecule has 2 rings (SSSR count). The molecule has 0 bridgehead atoms. The summed E-state index contributed by atoms with van der Waals surface area (Å²) in [5, 5.41) is 9.45. The number of nitrogens with zero attached hydrogens (tertiary/aromatic N) is 1. The zero-order chi connectivity index (χ0) is 17.1. The fourth-order valence-electron chi connectivity index (χ4n) is 2.42. The van der Waals surface area contributed by atoms with Crippen molar-refractivity contribution in [2.24, 2.45) is 5.92 Å². The number of thioether (sulfide) groups is 1. The third kappa shape index (κ3) is 4.20. The lowest BCUT2D eigenvalue weighted by Gasteiger charge is -2.24. The summed E-state index contributed by atoms with van der Waals surface area (Å²) in [7, 11) is 0. The van der Waals surface area contributed by atoms with Crippen LogP contribution in [0.15, 0.2) is 29.2 Å². The Morgan fingerprint density at radius 3 is 2.70 bits per heavy atom. The molecule has 1 aromatic carbocycles. The molecule has 0 spiro atoms. The first-order chi connectivity index (χ1) is 10.8. The van der Waals surface area contributed by atoms with Gasteiger partial charge in [0.2, 0.25) is 0 Å². The van der Waals surface area contributed by atoms with E-state index in [2.05, 4.69) is 0 Å². The minimum atomic E-state index is -1.02. The Kier molecular flexibility index (Phi) is 5.59. The molecule has 0 aromatic heterocycles. The Hall–Kier alpha value is -1.66. The monoisotopic (exact) mass is 349 g/mol. The number of carbonyl (C=O) groups excluding carboxylic acids is 1. The number of aliphatic carboxylic acids is 1. The topological polar surface area (TPSA) is 57.6 Å². The summed E-state index contributed by atoms with van der Waals surface area (Å²) in [4.78, 5) is 25.9. The molecule has 1 saturated heterocycles. The highest BCUT2D eigenvalue weighted by atomic mass is 32.2. The lowest BCUT2D eigenvalue weighted by atomic mass is 10.0. The van der Waals surface area contributed by atoms with Crippen LogP contribution in [0.3, 0.4) is 0 Å². The third-order valence-electron chi connectivity index (χ3n) is 3.45. The van der Waals surface area contributed by atoms with E-state index in [0.29, 0.717) is 15.6 Å². The molecule has 1 aliphatic heterocycles. The predicted octanol–water partition coefficient (Wildman–Crippen LogP) is 3.70. The van der Waals surface area contributed by atoms with Crippen LogP contribution in [-0.4, -0.2) is 32.2 Å². The van der Waals surface area contributed by atoms with E-state index in [4.69, 9.17) is 12.2 Å². The van der Waals surface area contributed by atoms with Crippen molar-refractivity contribution >= 4 is 46.3 Å². The average Bonchev–Trinajstić information content (AvgIpc) is 2.71. The van der Waals surface area contributed by atoms with Crippen molar-refractivity contribution in [2.75, 3.05) is 0 Å². The van der Waals surface area contributed by atoms with Crippen LogP contribution in [0, 0.1) is 12.8 Å². The van der Waals surface area contributed by atoms with Gasteiger partial charge in [0.25, 0.3) is 5.91 Å². The average molecular weight is 349 g/mol. The normalized spacial score (nSPS) is 18.1. The van der Waals surface area contributed by atoms with Crippen LogP contribution in [-0.2, 0) is 9.59 Å². The number of rotatable bonds is 5. The van der Waals surface area contributed by atoms with Crippen LogP contribution >= 0.6 is 24.0 Å². The molecule has 1 aromatic rings. The molecule has 0 saturated carbocycles. The highest BCUT2D eigenvalue weighted by Gasteiger charge is 2.40. The maximum Gasteiger partial charge on any atom is 0.326 e. The van der Waals surface area contributed by atoms with Gasteiger partial charge in [0.15, 0.2) is 0 Å². The number of amides is 1. The summed E-state index contributed by atoms with van der Waals surface area (Å²) in [6, 6.07) is 6.86. The van der Waals surface area contributed by atoms with Gasteiger partial charge in [-0.25, -0.2) is 4.79 Å². The second kappa shape index (κ2) is 7.27. The highest BCUT2D eigenvalue weighted by Crippen LogP contribution is 2.35. The Bertz CT molecular complexity index is 682. The second-order valence-corrected chi connectivity index (χ2v) is 7.63. The van der Waals surface area contributed by atoms with Crippen LogP contribution in [0.25, 0.3) is 6.08 Å². The smallest absolute Gasteiger partial charge is 0.326 e.